The molecule has 1 saturated carbocycles. The van der Waals surface area contributed by atoms with Crippen molar-refractivity contribution in [3.63, 3.8) is 0 Å². The number of rotatable bonds is 4. The second kappa shape index (κ2) is 5.60. The van der Waals surface area contributed by atoms with Gasteiger partial charge in [0.05, 0.1) is 0 Å². The van der Waals surface area contributed by atoms with Crippen LogP contribution in [-0.4, -0.2) is 22.7 Å². The third-order valence-electron chi connectivity index (χ3n) is 3.29. The van der Waals surface area contributed by atoms with Gasteiger partial charge in [-0.3, -0.25) is 0 Å². The zero-order valence-corrected chi connectivity index (χ0v) is 10.5. The summed E-state index contributed by atoms with van der Waals surface area (Å²) in [5.41, 5.74) is 0.995. The van der Waals surface area contributed by atoms with E-state index in [9.17, 15) is 5.11 Å². The minimum absolute atomic E-state index is 0.398. The fourth-order valence-corrected chi connectivity index (χ4v) is 3.05. The number of hydrogen-bond donors (Lipinski definition) is 2. The van der Waals surface area contributed by atoms with E-state index in [1.807, 2.05) is 30.0 Å². The molecule has 3 heteroatoms. The lowest BCUT2D eigenvalue weighted by Crippen LogP contribution is -2.26. The van der Waals surface area contributed by atoms with E-state index < -0.39 is 0 Å². The number of benzene rings is 1. The van der Waals surface area contributed by atoms with Crippen molar-refractivity contribution in [3.8, 4) is 5.75 Å². The van der Waals surface area contributed by atoms with Gasteiger partial charge in [0.2, 0.25) is 0 Å². The maximum Gasteiger partial charge on any atom is 0.120 e. The van der Waals surface area contributed by atoms with Crippen LogP contribution >= 0.6 is 11.8 Å². The highest BCUT2D eigenvalue weighted by Gasteiger charge is 2.23. The lowest BCUT2D eigenvalue weighted by atomic mass is 10.2. The van der Waals surface area contributed by atoms with Crippen molar-refractivity contribution in [2.24, 2.45) is 0 Å². The Balaban J connectivity index is 1.82. The van der Waals surface area contributed by atoms with E-state index in [0.717, 1.165) is 17.4 Å². The number of phenols is 1. The van der Waals surface area contributed by atoms with Gasteiger partial charge in [0.1, 0.15) is 5.75 Å². The molecule has 0 bridgehead atoms. The minimum atomic E-state index is 0.398. The second-order valence-corrected chi connectivity index (χ2v) is 5.52. The zero-order valence-electron chi connectivity index (χ0n) is 9.65. The van der Waals surface area contributed by atoms with Crippen molar-refractivity contribution in [1.29, 1.82) is 0 Å². The van der Waals surface area contributed by atoms with Crippen LogP contribution in [0.15, 0.2) is 24.3 Å². The van der Waals surface area contributed by atoms with Gasteiger partial charge in [0, 0.05) is 23.4 Å². The Morgan fingerprint density at radius 3 is 2.88 bits per heavy atom. The van der Waals surface area contributed by atoms with E-state index in [2.05, 4.69) is 11.6 Å². The molecule has 2 rings (SSSR count). The minimum Gasteiger partial charge on any atom is -0.508 e. The predicted molar refractivity (Wildman–Crippen MR) is 69.9 cm³/mol. The van der Waals surface area contributed by atoms with Crippen LogP contribution in [0.25, 0.3) is 0 Å². The number of nitrogens with one attached hydrogen (secondary N) is 1. The van der Waals surface area contributed by atoms with Gasteiger partial charge in [0.15, 0.2) is 0 Å². The van der Waals surface area contributed by atoms with Gasteiger partial charge in [-0.05, 0) is 31.6 Å². The maximum atomic E-state index is 9.64. The average molecular weight is 237 g/mol. The molecule has 1 aliphatic carbocycles. The van der Waals surface area contributed by atoms with Crippen LogP contribution in [0.4, 0.5) is 0 Å². The number of hydrogen-bond acceptors (Lipinski definition) is 3. The molecular formula is C13H19NOS. The molecule has 0 saturated heterocycles. The Kier molecular flexibility index (Phi) is 4.13. The highest BCUT2D eigenvalue weighted by molar-refractivity contribution is 7.99. The lowest BCUT2D eigenvalue weighted by Gasteiger charge is -2.13. The van der Waals surface area contributed by atoms with Crippen molar-refractivity contribution in [2.45, 2.75) is 37.1 Å². The Bertz CT molecular complexity index is 342. The standard InChI is InChI=1S/C13H19NOS/c1-16-12-7-6-11(8-12)14-9-10-4-2-3-5-13(10)15/h2-5,11-12,14-15H,6-9H2,1H3. The van der Waals surface area contributed by atoms with Crippen LogP contribution in [-0.2, 0) is 6.54 Å². The summed E-state index contributed by atoms with van der Waals surface area (Å²) >= 11 is 1.97. The molecule has 1 aliphatic rings. The molecular weight excluding hydrogens is 218 g/mol. The molecule has 2 nitrogen and oxygen atoms in total. The van der Waals surface area contributed by atoms with E-state index in [-0.39, 0.29) is 0 Å². The van der Waals surface area contributed by atoms with Gasteiger partial charge in [-0.1, -0.05) is 18.2 Å². The molecule has 2 atom stereocenters. The summed E-state index contributed by atoms with van der Waals surface area (Å²) in [6, 6.07) is 8.17. The molecule has 0 radical (unpaired) electrons. The van der Waals surface area contributed by atoms with Crippen molar-refractivity contribution in [2.75, 3.05) is 6.26 Å². The average Bonchev–Trinajstić information content (AvgIpc) is 2.76. The molecule has 1 aromatic carbocycles. The van der Waals surface area contributed by atoms with Crippen LogP contribution in [0, 0.1) is 0 Å². The van der Waals surface area contributed by atoms with Crippen LogP contribution in [0.1, 0.15) is 24.8 Å². The van der Waals surface area contributed by atoms with Crippen LogP contribution in [0.5, 0.6) is 5.75 Å². The Hall–Kier alpha value is -0.670. The lowest BCUT2D eigenvalue weighted by molar-refractivity contribution is 0.456. The summed E-state index contributed by atoms with van der Waals surface area (Å²) in [6.45, 7) is 0.776. The Labute approximate surface area is 101 Å². The van der Waals surface area contributed by atoms with Crippen LogP contribution in [0.2, 0.25) is 0 Å². The molecule has 0 aliphatic heterocycles. The van der Waals surface area contributed by atoms with Gasteiger partial charge >= 0.3 is 0 Å². The summed E-state index contributed by atoms with van der Waals surface area (Å²) in [4.78, 5) is 0. The monoisotopic (exact) mass is 237 g/mol. The highest BCUT2D eigenvalue weighted by Crippen LogP contribution is 2.28. The number of thioether (sulfide) groups is 1. The van der Waals surface area contributed by atoms with Gasteiger partial charge in [-0.15, -0.1) is 0 Å². The largest absolute Gasteiger partial charge is 0.508 e. The Morgan fingerprint density at radius 1 is 1.38 bits per heavy atom. The molecule has 0 heterocycles. The number of aromatic hydroxyl groups is 1. The second-order valence-electron chi connectivity index (χ2n) is 4.38. The first-order valence-electron chi connectivity index (χ1n) is 5.82. The molecule has 1 aromatic rings. The van der Waals surface area contributed by atoms with Gasteiger partial charge in [-0.25, -0.2) is 0 Å². The number of phenolic OH excluding ortho intramolecular Hbond substituents is 1. The highest BCUT2D eigenvalue weighted by atomic mass is 32.2. The van der Waals surface area contributed by atoms with Crippen molar-refractivity contribution in [1.82, 2.24) is 5.32 Å². The maximum absolute atomic E-state index is 9.64. The molecule has 2 N–H and O–H groups in total. The van der Waals surface area contributed by atoms with Gasteiger partial charge in [-0.2, -0.15) is 11.8 Å². The first kappa shape index (κ1) is 11.8. The fraction of sp³-hybridized carbons (Fsp3) is 0.538. The fourth-order valence-electron chi connectivity index (χ4n) is 2.25. The number of para-hydroxylation sites is 1. The van der Waals surface area contributed by atoms with E-state index in [1.54, 1.807) is 6.07 Å². The van der Waals surface area contributed by atoms with Crippen molar-refractivity contribution in [3.05, 3.63) is 29.8 Å². The predicted octanol–water partition coefficient (Wildman–Crippen LogP) is 2.77. The first-order chi connectivity index (χ1) is 7.79. The SMILES string of the molecule is CSC1CCC(NCc2ccccc2O)C1. The molecule has 16 heavy (non-hydrogen) atoms. The normalized spacial score (nSPS) is 24.8. The molecule has 0 spiro atoms. The van der Waals surface area contributed by atoms with Crippen molar-refractivity contribution < 1.29 is 5.11 Å². The van der Waals surface area contributed by atoms with E-state index in [1.165, 1.54) is 19.3 Å². The van der Waals surface area contributed by atoms with E-state index in [0.29, 0.717) is 11.8 Å². The van der Waals surface area contributed by atoms with E-state index >= 15 is 0 Å². The van der Waals surface area contributed by atoms with Crippen LogP contribution < -0.4 is 5.32 Å². The van der Waals surface area contributed by atoms with Crippen LogP contribution in [0.3, 0.4) is 0 Å². The zero-order chi connectivity index (χ0) is 11.4. The van der Waals surface area contributed by atoms with Gasteiger partial charge in [0.25, 0.3) is 0 Å². The third kappa shape index (κ3) is 2.92. The molecule has 0 aromatic heterocycles. The molecule has 0 amide bonds. The van der Waals surface area contributed by atoms with Gasteiger partial charge < -0.3 is 10.4 Å². The Morgan fingerprint density at radius 2 is 2.19 bits per heavy atom. The quantitative estimate of drug-likeness (QED) is 0.844. The summed E-state index contributed by atoms with van der Waals surface area (Å²) in [5, 5.41) is 14.0. The topological polar surface area (TPSA) is 32.3 Å². The van der Waals surface area contributed by atoms with Crippen molar-refractivity contribution >= 4 is 11.8 Å². The summed E-state index contributed by atoms with van der Waals surface area (Å²) in [5.74, 6) is 0.398. The summed E-state index contributed by atoms with van der Waals surface area (Å²) in [6.07, 6.45) is 6.03. The first-order valence-corrected chi connectivity index (χ1v) is 7.11. The summed E-state index contributed by atoms with van der Waals surface area (Å²) < 4.78 is 0. The summed E-state index contributed by atoms with van der Waals surface area (Å²) in [7, 11) is 0. The van der Waals surface area contributed by atoms with E-state index in [4.69, 9.17) is 0 Å². The third-order valence-corrected chi connectivity index (χ3v) is 4.39. The molecule has 2 unspecified atom stereocenters. The smallest absolute Gasteiger partial charge is 0.120 e. The molecule has 88 valence electrons. The molecule has 1 fully saturated rings.